The number of fused-ring (bicyclic) bond motifs is 1. The summed E-state index contributed by atoms with van der Waals surface area (Å²) in [5.74, 6) is -2.37. The van der Waals surface area contributed by atoms with Crippen LogP contribution in [0.25, 0.3) is 11.0 Å². The Bertz CT molecular complexity index is 1440. The summed E-state index contributed by atoms with van der Waals surface area (Å²) in [6.45, 7) is 0.742. The molecule has 5 rings (SSSR count). The van der Waals surface area contributed by atoms with Gasteiger partial charge in [0.05, 0.1) is 25.1 Å². The number of aliphatic hydroxyl groups excluding tert-OH is 1. The van der Waals surface area contributed by atoms with E-state index in [0.717, 1.165) is 0 Å². The molecule has 2 aromatic carbocycles. The lowest BCUT2D eigenvalue weighted by Crippen LogP contribution is -2.33. The standard InChI is InChI=1S/C26H22FN3O5/c1-34-19-9-4-6-16-14-20(35-25(16)19)23(31)21-22(17-7-2-3-8-18(17)27)30(26(33)24(21)32)12-5-11-29-13-10-28-15-29/h2-4,6-10,13-15,22,32H,5,11-12H2,1H3/t22-/m1/s1. The van der Waals surface area contributed by atoms with Gasteiger partial charge in [0, 0.05) is 36.4 Å². The molecule has 8 nitrogen and oxygen atoms in total. The van der Waals surface area contributed by atoms with Gasteiger partial charge in [0.15, 0.2) is 22.9 Å². The molecule has 1 amide bonds. The zero-order chi connectivity index (χ0) is 24.5. The number of halogens is 1. The highest BCUT2D eigenvalue weighted by molar-refractivity contribution is 6.16. The molecule has 0 aliphatic carbocycles. The van der Waals surface area contributed by atoms with Crippen molar-refractivity contribution in [3.05, 3.63) is 95.7 Å². The first-order chi connectivity index (χ1) is 17.0. The van der Waals surface area contributed by atoms with E-state index in [0.29, 0.717) is 29.7 Å². The number of furan rings is 1. The number of methoxy groups -OCH3 is 1. The van der Waals surface area contributed by atoms with Crippen LogP contribution in [-0.4, -0.2) is 44.9 Å². The molecule has 4 aromatic rings. The smallest absolute Gasteiger partial charge is 0.290 e. The number of aromatic nitrogens is 2. The van der Waals surface area contributed by atoms with Crippen LogP contribution in [0.15, 0.2) is 83.0 Å². The highest BCUT2D eigenvalue weighted by Gasteiger charge is 2.45. The molecule has 0 bridgehead atoms. The predicted molar refractivity (Wildman–Crippen MR) is 124 cm³/mol. The van der Waals surface area contributed by atoms with Crippen molar-refractivity contribution in [2.75, 3.05) is 13.7 Å². The van der Waals surface area contributed by atoms with Gasteiger partial charge in [0.1, 0.15) is 5.82 Å². The van der Waals surface area contributed by atoms with Gasteiger partial charge in [-0.2, -0.15) is 0 Å². The Balaban J connectivity index is 1.53. The number of nitrogens with zero attached hydrogens (tertiary/aromatic N) is 3. The molecule has 1 N–H and O–H groups in total. The molecule has 1 aliphatic rings. The molecule has 0 unspecified atom stereocenters. The molecule has 0 radical (unpaired) electrons. The number of aliphatic hydroxyl groups is 1. The third-order valence-corrected chi connectivity index (χ3v) is 6.07. The molecule has 9 heteroatoms. The molecule has 35 heavy (non-hydrogen) atoms. The molecule has 0 spiro atoms. The minimum absolute atomic E-state index is 0.0829. The summed E-state index contributed by atoms with van der Waals surface area (Å²) in [6, 6.07) is 11.5. The average molecular weight is 475 g/mol. The van der Waals surface area contributed by atoms with Crippen LogP contribution < -0.4 is 4.74 Å². The second-order valence-corrected chi connectivity index (χ2v) is 8.16. The van der Waals surface area contributed by atoms with Crippen LogP contribution in [0.2, 0.25) is 0 Å². The van der Waals surface area contributed by atoms with Crippen LogP contribution in [0.4, 0.5) is 4.39 Å². The van der Waals surface area contributed by atoms with E-state index in [2.05, 4.69) is 4.98 Å². The molecule has 1 aliphatic heterocycles. The molecule has 1 atom stereocenters. The first-order valence-electron chi connectivity index (χ1n) is 11.0. The number of ether oxygens (including phenoxy) is 1. The van der Waals surface area contributed by atoms with Gasteiger partial charge < -0.3 is 23.7 Å². The van der Waals surface area contributed by atoms with Gasteiger partial charge in [-0.05, 0) is 24.6 Å². The van der Waals surface area contributed by atoms with Crippen LogP contribution in [0, 0.1) is 5.82 Å². The number of hydrogen-bond acceptors (Lipinski definition) is 6. The van der Waals surface area contributed by atoms with Gasteiger partial charge in [0.25, 0.3) is 5.91 Å². The fraction of sp³-hybridized carbons (Fsp3) is 0.192. The van der Waals surface area contributed by atoms with Crippen LogP contribution in [0.1, 0.15) is 28.6 Å². The first-order valence-corrected chi connectivity index (χ1v) is 11.0. The maximum absolute atomic E-state index is 14.9. The van der Waals surface area contributed by atoms with Crippen molar-refractivity contribution in [2.45, 2.75) is 19.0 Å². The zero-order valence-corrected chi connectivity index (χ0v) is 18.8. The lowest BCUT2D eigenvalue weighted by atomic mass is 9.94. The van der Waals surface area contributed by atoms with E-state index in [4.69, 9.17) is 9.15 Å². The Morgan fingerprint density at radius 1 is 1.20 bits per heavy atom. The minimum atomic E-state index is -1.10. The lowest BCUT2D eigenvalue weighted by Gasteiger charge is -2.27. The van der Waals surface area contributed by atoms with Gasteiger partial charge in [0.2, 0.25) is 5.78 Å². The Morgan fingerprint density at radius 2 is 2.03 bits per heavy atom. The van der Waals surface area contributed by atoms with Crippen molar-refractivity contribution in [3.8, 4) is 5.75 Å². The van der Waals surface area contributed by atoms with Crippen molar-refractivity contribution < 1.29 is 28.2 Å². The number of benzene rings is 2. The Hall–Kier alpha value is -4.40. The number of imidazole rings is 1. The van der Waals surface area contributed by atoms with Gasteiger partial charge >= 0.3 is 0 Å². The van der Waals surface area contributed by atoms with Crippen molar-refractivity contribution in [1.29, 1.82) is 0 Å². The van der Waals surface area contributed by atoms with E-state index >= 15 is 0 Å². The average Bonchev–Trinajstić information content (AvgIpc) is 3.59. The zero-order valence-electron chi connectivity index (χ0n) is 18.8. The number of aryl methyl sites for hydroxylation is 1. The normalized spacial score (nSPS) is 15.9. The Labute approximate surface area is 199 Å². The van der Waals surface area contributed by atoms with Gasteiger partial charge in [-0.25, -0.2) is 9.37 Å². The molecule has 3 heterocycles. The van der Waals surface area contributed by atoms with Gasteiger partial charge in [-0.1, -0.05) is 30.3 Å². The molecular formula is C26H22FN3O5. The SMILES string of the molecule is COc1cccc2cc(C(=O)C3=C(O)C(=O)N(CCCn4ccnc4)[C@@H]3c3ccccc3F)oc12. The summed E-state index contributed by atoms with van der Waals surface area (Å²) in [7, 11) is 1.48. The summed E-state index contributed by atoms with van der Waals surface area (Å²) in [6.07, 6.45) is 5.60. The van der Waals surface area contributed by atoms with Crippen LogP contribution >= 0.6 is 0 Å². The molecule has 0 saturated carbocycles. The molecule has 0 saturated heterocycles. The van der Waals surface area contributed by atoms with Gasteiger partial charge in [-0.3, -0.25) is 9.59 Å². The summed E-state index contributed by atoms with van der Waals surface area (Å²) in [5, 5.41) is 11.4. The third kappa shape index (κ3) is 3.95. The molecule has 0 fully saturated rings. The fourth-order valence-corrected chi connectivity index (χ4v) is 4.42. The first kappa shape index (κ1) is 22.4. The van der Waals surface area contributed by atoms with E-state index in [1.807, 2.05) is 4.57 Å². The van der Waals surface area contributed by atoms with E-state index in [9.17, 15) is 19.1 Å². The number of Topliss-reactive ketones (excluding diaryl/α,β-unsaturated/α-hetero) is 1. The van der Waals surface area contributed by atoms with Crippen molar-refractivity contribution >= 4 is 22.7 Å². The number of carbonyl (C=O) groups is 2. The second-order valence-electron chi connectivity index (χ2n) is 8.16. The quantitative estimate of drug-likeness (QED) is 0.378. The number of amides is 1. The van der Waals surface area contributed by atoms with E-state index in [1.165, 1.54) is 36.3 Å². The number of hydrogen-bond donors (Lipinski definition) is 1. The maximum atomic E-state index is 14.9. The lowest BCUT2D eigenvalue weighted by molar-refractivity contribution is -0.129. The summed E-state index contributed by atoms with van der Waals surface area (Å²) in [5.41, 5.74) is 0.257. The monoisotopic (exact) mass is 475 g/mol. The van der Waals surface area contributed by atoms with E-state index in [1.54, 1.807) is 43.0 Å². The van der Waals surface area contributed by atoms with Crippen molar-refractivity contribution in [1.82, 2.24) is 14.5 Å². The summed E-state index contributed by atoms with van der Waals surface area (Å²) >= 11 is 0. The third-order valence-electron chi connectivity index (χ3n) is 6.07. The van der Waals surface area contributed by atoms with E-state index < -0.39 is 29.3 Å². The molecule has 178 valence electrons. The van der Waals surface area contributed by atoms with Crippen molar-refractivity contribution in [3.63, 3.8) is 0 Å². The Kier molecular flexibility index (Phi) is 5.82. The van der Waals surface area contributed by atoms with Crippen LogP contribution in [0.3, 0.4) is 0 Å². The van der Waals surface area contributed by atoms with Crippen molar-refractivity contribution in [2.24, 2.45) is 0 Å². The number of rotatable bonds is 8. The number of para-hydroxylation sites is 1. The molecule has 2 aromatic heterocycles. The summed E-state index contributed by atoms with van der Waals surface area (Å²) < 4.78 is 27.8. The largest absolute Gasteiger partial charge is 0.503 e. The van der Waals surface area contributed by atoms with Gasteiger partial charge in [-0.15, -0.1) is 0 Å². The highest BCUT2D eigenvalue weighted by Crippen LogP contribution is 2.41. The summed E-state index contributed by atoms with van der Waals surface area (Å²) in [4.78, 5) is 32.0. The maximum Gasteiger partial charge on any atom is 0.290 e. The topological polar surface area (TPSA) is 97.8 Å². The second kappa shape index (κ2) is 9.09. The molecular weight excluding hydrogens is 453 g/mol. The minimum Gasteiger partial charge on any atom is -0.503 e. The highest BCUT2D eigenvalue weighted by atomic mass is 19.1. The fourth-order valence-electron chi connectivity index (χ4n) is 4.42. The predicted octanol–water partition coefficient (Wildman–Crippen LogP) is 4.45. The Morgan fingerprint density at radius 3 is 2.77 bits per heavy atom. The number of ketones is 1. The van der Waals surface area contributed by atoms with Crippen LogP contribution in [0.5, 0.6) is 5.75 Å². The van der Waals surface area contributed by atoms with E-state index in [-0.39, 0.29) is 23.4 Å². The van der Waals surface area contributed by atoms with Crippen LogP contribution in [-0.2, 0) is 11.3 Å². The number of carbonyl (C=O) groups excluding carboxylic acids is 2.